The molecule has 0 aromatic carbocycles. The van der Waals surface area contributed by atoms with Gasteiger partial charge in [-0.05, 0) is 19.4 Å². The number of carbonyl (C=O) groups is 1. The molecule has 0 aliphatic rings. The molecule has 1 rings (SSSR count). The van der Waals surface area contributed by atoms with E-state index in [-0.39, 0.29) is 23.8 Å². The van der Waals surface area contributed by atoms with Crippen LogP contribution in [-0.2, 0) is 4.79 Å². The Bertz CT molecular complexity index is 462. The molecule has 1 amide bonds. The molecule has 19 heavy (non-hydrogen) atoms. The van der Waals surface area contributed by atoms with Crippen LogP contribution in [0.1, 0.15) is 25.3 Å². The van der Waals surface area contributed by atoms with Crippen molar-refractivity contribution in [2.75, 3.05) is 18.4 Å². The van der Waals surface area contributed by atoms with Crippen molar-refractivity contribution in [3.8, 4) is 0 Å². The van der Waals surface area contributed by atoms with Gasteiger partial charge < -0.3 is 10.6 Å². The van der Waals surface area contributed by atoms with Crippen LogP contribution in [0.2, 0.25) is 0 Å². The van der Waals surface area contributed by atoms with Crippen molar-refractivity contribution in [2.45, 2.75) is 26.7 Å². The number of carbonyl (C=O) groups excluding carboxylic acids is 1. The maximum absolute atomic E-state index is 11.4. The third-order valence-corrected chi connectivity index (χ3v) is 2.53. The van der Waals surface area contributed by atoms with Crippen molar-refractivity contribution in [3.05, 3.63) is 27.9 Å². The molecular formula is C12H18N4O3. The Balaban J connectivity index is 2.56. The maximum atomic E-state index is 11.4. The topological polar surface area (TPSA) is 97.2 Å². The number of nitrogens with one attached hydrogen (secondary N) is 2. The number of hydrogen-bond donors (Lipinski definition) is 2. The summed E-state index contributed by atoms with van der Waals surface area (Å²) in [5.74, 6) is 0.123. The van der Waals surface area contributed by atoms with E-state index in [1.807, 2.05) is 6.92 Å². The summed E-state index contributed by atoms with van der Waals surface area (Å²) in [4.78, 5) is 25.8. The first kappa shape index (κ1) is 14.9. The molecular weight excluding hydrogens is 248 g/mol. The quantitative estimate of drug-likeness (QED) is 0.577. The Hall–Kier alpha value is -2.18. The first-order chi connectivity index (χ1) is 9.06. The molecule has 2 N–H and O–H groups in total. The van der Waals surface area contributed by atoms with Gasteiger partial charge in [0.1, 0.15) is 0 Å². The van der Waals surface area contributed by atoms with E-state index in [1.165, 1.54) is 6.20 Å². The monoisotopic (exact) mass is 266 g/mol. The molecule has 0 saturated heterocycles. The van der Waals surface area contributed by atoms with Gasteiger partial charge in [0.2, 0.25) is 11.7 Å². The average molecular weight is 266 g/mol. The van der Waals surface area contributed by atoms with Crippen LogP contribution in [0.4, 0.5) is 11.5 Å². The lowest BCUT2D eigenvalue weighted by Gasteiger charge is -2.07. The van der Waals surface area contributed by atoms with E-state index in [2.05, 4.69) is 15.6 Å². The van der Waals surface area contributed by atoms with Gasteiger partial charge in [-0.1, -0.05) is 6.92 Å². The first-order valence-electron chi connectivity index (χ1n) is 6.16. The van der Waals surface area contributed by atoms with Crippen LogP contribution in [0.5, 0.6) is 0 Å². The number of amides is 1. The predicted molar refractivity (Wildman–Crippen MR) is 72.0 cm³/mol. The van der Waals surface area contributed by atoms with E-state index < -0.39 is 4.92 Å². The van der Waals surface area contributed by atoms with Gasteiger partial charge in [-0.3, -0.25) is 14.9 Å². The third kappa shape index (κ3) is 4.53. The fourth-order valence-electron chi connectivity index (χ4n) is 1.56. The molecule has 1 aromatic rings. The molecule has 0 bridgehead atoms. The predicted octanol–water partition coefficient (Wildman–Crippen LogP) is 1.63. The average Bonchev–Trinajstić information content (AvgIpc) is 2.36. The first-order valence-corrected chi connectivity index (χ1v) is 6.16. The highest BCUT2D eigenvalue weighted by atomic mass is 16.6. The summed E-state index contributed by atoms with van der Waals surface area (Å²) < 4.78 is 0. The van der Waals surface area contributed by atoms with E-state index in [1.54, 1.807) is 13.0 Å². The molecule has 1 heterocycles. The summed E-state index contributed by atoms with van der Waals surface area (Å²) in [6.07, 6.45) is 2.64. The lowest BCUT2D eigenvalue weighted by Crippen LogP contribution is -2.26. The minimum Gasteiger partial charge on any atom is -0.364 e. The third-order valence-electron chi connectivity index (χ3n) is 2.53. The van der Waals surface area contributed by atoms with Crippen molar-refractivity contribution in [2.24, 2.45) is 0 Å². The number of pyridine rings is 1. The van der Waals surface area contributed by atoms with E-state index in [4.69, 9.17) is 0 Å². The SMILES string of the molecule is CCCNC(=O)CCNc1nccc(C)c1[N+](=O)[O-]. The smallest absolute Gasteiger partial charge is 0.314 e. The standard InChI is InChI=1S/C12H18N4O3/c1-3-6-13-10(17)5-8-15-12-11(16(18)19)9(2)4-7-14-12/h4,7H,3,5-6,8H2,1-2H3,(H,13,17)(H,14,15). The highest BCUT2D eigenvalue weighted by Crippen LogP contribution is 2.25. The van der Waals surface area contributed by atoms with Crippen LogP contribution in [0.15, 0.2) is 12.3 Å². The Kier molecular flexibility index (Phi) is 5.72. The minimum absolute atomic E-state index is 0.0449. The molecule has 0 atom stereocenters. The lowest BCUT2D eigenvalue weighted by atomic mass is 10.2. The number of aryl methyl sites for hydroxylation is 1. The van der Waals surface area contributed by atoms with Gasteiger partial charge in [-0.25, -0.2) is 4.98 Å². The normalized spacial score (nSPS) is 10.0. The Morgan fingerprint density at radius 2 is 2.21 bits per heavy atom. The molecule has 0 unspecified atom stereocenters. The summed E-state index contributed by atoms with van der Waals surface area (Å²) >= 11 is 0. The van der Waals surface area contributed by atoms with Crippen molar-refractivity contribution < 1.29 is 9.72 Å². The van der Waals surface area contributed by atoms with Gasteiger partial charge in [0.05, 0.1) is 4.92 Å². The minimum atomic E-state index is -0.470. The van der Waals surface area contributed by atoms with E-state index in [0.717, 1.165) is 6.42 Å². The second-order valence-electron chi connectivity index (χ2n) is 4.11. The van der Waals surface area contributed by atoms with Crippen molar-refractivity contribution >= 4 is 17.4 Å². The zero-order valence-corrected chi connectivity index (χ0v) is 11.1. The van der Waals surface area contributed by atoms with Crippen molar-refractivity contribution in [1.82, 2.24) is 10.3 Å². The Morgan fingerprint density at radius 1 is 1.47 bits per heavy atom. The largest absolute Gasteiger partial charge is 0.364 e. The van der Waals surface area contributed by atoms with Gasteiger partial charge in [-0.15, -0.1) is 0 Å². The fourth-order valence-corrected chi connectivity index (χ4v) is 1.56. The van der Waals surface area contributed by atoms with Crippen LogP contribution < -0.4 is 10.6 Å². The molecule has 0 aliphatic heterocycles. The maximum Gasteiger partial charge on any atom is 0.314 e. The number of anilines is 1. The Morgan fingerprint density at radius 3 is 2.84 bits per heavy atom. The summed E-state index contributed by atoms with van der Waals surface area (Å²) in [6.45, 7) is 4.58. The highest BCUT2D eigenvalue weighted by Gasteiger charge is 2.18. The van der Waals surface area contributed by atoms with E-state index in [9.17, 15) is 14.9 Å². The van der Waals surface area contributed by atoms with E-state index in [0.29, 0.717) is 18.7 Å². The molecule has 0 spiro atoms. The van der Waals surface area contributed by atoms with Gasteiger partial charge in [0, 0.05) is 31.3 Å². The molecule has 7 nitrogen and oxygen atoms in total. The number of rotatable bonds is 7. The van der Waals surface area contributed by atoms with Crippen LogP contribution in [-0.4, -0.2) is 28.9 Å². The number of aromatic nitrogens is 1. The molecule has 0 fully saturated rings. The highest BCUT2D eigenvalue weighted by molar-refractivity contribution is 5.76. The number of hydrogen-bond acceptors (Lipinski definition) is 5. The molecule has 0 saturated carbocycles. The van der Waals surface area contributed by atoms with E-state index >= 15 is 0 Å². The van der Waals surface area contributed by atoms with Crippen LogP contribution in [0.25, 0.3) is 0 Å². The van der Waals surface area contributed by atoms with Gasteiger partial charge in [-0.2, -0.15) is 0 Å². The lowest BCUT2D eigenvalue weighted by molar-refractivity contribution is -0.384. The van der Waals surface area contributed by atoms with Crippen molar-refractivity contribution in [3.63, 3.8) is 0 Å². The second kappa shape index (κ2) is 7.30. The molecule has 0 aliphatic carbocycles. The Labute approximate surface area is 111 Å². The summed E-state index contributed by atoms with van der Waals surface area (Å²) in [5.41, 5.74) is 0.495. The molecule has 0 radical (unpaired) electrons. The van der Waals surface area contributed by atoms with Crippen LogP contribution in [0.3, 0.4) is 0 Å². The number of nitrogens with zero attached hydrogens (tertiary/aromatic N) is 2. The van der Waals surface area contributed by atoms with Crippen LogP contribution in [0, 0.1) is 17.0 Å². The molecule has 104 valence electrons. The zero-order valence-electron chi connectivity index (χ0n) is 11.1. The second-order valence-corrected chi connectivity index (χ2v) is 4.11. The fraction of sp³-hybridized carbons (Fsp3) is 0.500. The van der Waals surface area contributed by atoms with Crippen LogP contribution >= 0.6 is 0 Å². The molecule has 1 aromatic heterocycles. The van der Waals surface area contributed by atoms with Crippen molar-refractivity contribution in [1.29, 1.82) is 0 Å². The molecule has 7 heteroatoms. The zero-order chi connectivity index (χ0) is 14.3. The van der Waals surface area contributed by atoms with Gasteiger partial charge in [0.15, 0.2) is 0 Å². The van der Waals surface area contributed by atoms with Gasteiger partial charge >= 0.3 is 5.69 Å². The summed E-state index contributed by atoms with van der Waals surface area (Å²) in [6, 6.07) is 1.58. The van der Waals surface area contributed by atoms with Gasteiger partial charge in [0.25, 0.3) is 0 Å². The summed E-state index contributed by atoms with van der Waals surface area (Å²) in [5, 5.41) is 16.5. The number of nitro groups is 1. The summed E-state index contributed by atoms with van der Waals surface area (Å²) in [7, 11) is 0.